The summed E-state index contributed by atoms with van der Waals surface area (Å²) in [6.07, 6.45) is 1.87. The van der Waals surface area contributed by atoms with E-state index in [4.69, 9.17) is 17.0 Å². The van der Waals surface area contributed by atoms with Crippen LogP contribution >= 0.6 is 12.2 Å². The second-order valence-corrected chi connectivity index (χ2v) is 5.13. The van der Waals surface area contributed by atoms with Gasteiger partial charge in [-0.05, 0) is 25.0 Å². The summed E-state index contributed by atoms with van der Waals surface area (Å²) in [5, 5.41) is 0. The molecule has 2 heterocycles. The fraction of sp³-hybridized carbons (Fsp3) is 0.333. The average molecular weight is 272 g/mol. The van der Waals surface area contributed by atoms with Crippen LogP contribution in [0.25, 0.3) is 0 Å². The third-order valence-corrected chi connectivity index (χ3v) is 3.70. The van der Waals surface area contributed by atoms with Crippen LogP contribution in [0.15, 0.2) is 30.3 Å². The van der Waals surface area contributed by atoms with Crippen LogP contribution in [-0.4, -0.2) is 16.6 Å². The van der Waals surface area contributed by atoms with Gasteiger partial charge in [0.2, 0.25) is 0 Å². The summed E-state index contributed by atoms with van der Waals surface area (Å²) in [4.78, 5) is 7.92. The maximum atomic E-state index is 5.69. The molecule has 0 saturated carbocycles. The lowest BCUT2D eigenvalue weighted by Crippen LogP contribution is -2.17. The molecule has 1 aromatic heterocycles. The van der Waals surface area contributed by atoms with Gasteiger partial charge >= 0.3 is 0 Å². The number of para-hydroxylation sites is 1. The lowest BCUT2D eigenvalue weighted by molar-refractivity contribution is 0.274. The molecule has 4 heteroatoms. The smallest absolute Gasteiger partial charge is 0.130 e. The maximum absolute atomic E-state index is 5.69. The Hall–Kier alpha value is -1.68. The molecule has 0 bridgehead atoms. The monoisotopic (exact) mass is 272 g/mol. The molecule has 1 aliphatic rings. The van der Waals surface area contributed by atoms with Crippen LogP contribution in [-0.2, 0) is 6.42 Å². The van der Waals surface area contributed by atoms with Crippen LogP contribution in [0.1, 0.15) is 36.3 Å². The zero-order valence-electron chi connectivity index (χ0n) is 10.8. The summed E-state index contributed by atoms with van der Waals surface area (Å²) >= 11 is 5.26. The van der Waals surface area contributed by atoms with Crippen molar-refractivity contribution in [2.75, 3.05) is 6.61 Å². The molecule has 19 heavy (non-hydrogen) atoms. The molecule has 1 atom stereocenters. The second kappa shape index (κ2) is 5.13. The van der Waals surface area contributed by atoms with Gasteiger partial charge in [-0.1, -0.05) is 37.3 Å². The first-order valence-electron chi connectivity index (χ1n) is 6.60. The number of nitrogens with one attached hydrogen (secondary N) is 1. The Labute approximate surface area is 117 Å². The molecule has 2 aromatic rings. The van der Waals surface area contributed by atoms with Crippen LogP contribution in [0, 0.1) is 4.64 Å². The number of ether oxygens (including phenoxy) is 1. The van der Waals surface area contributed by atoms with Gasteiger partial charge < -0.3 is 9.72 Å². The van der Waals surface area contributed by atoms with Gasteiger partial charge in [0.15, 0.2) is 0 Å². The number of aromatic amines is 1. The van der Waals surface area contributed by atoms with Crippen molar-refractivity contribution in [2.45, 2.75) is 25.7 Å². The standard InChI is InChI=1S/C15H16N2OS/c1-2-10-9-14(19)17-15(16-10)12-7-8-18-13-6-4-3-5-11(12)13/h3-6,9,12H,2,7-8H2,1H3,(H,16,17,19). The fourth-order valence-electron chi connectivity index (χ4n) is 2.51. The van der Waals surface area contributed by atoms with E-state index in [0.717, 1.165) is 36.7 Å². The minimum Gasteiger partial charge on any atom is -0.493 e. The first-order chi connectivity index (χ1) is 9.28. The fourth-order valence-corrected chi connectivity index (χ4v) is 2.75. The number of rotatable bonds is 2. The zero-order valence-corrected chi connectivity index (χ0v) is 11.7. The highest BCUT2D eigenvalue weighted by molar-refractivity contribution is 7.71. The predicted molar refractivity (Wildman–Crippen MR) is 77.2 cm³/mol. The number of benzene rings is 1. The Kier molecular flexibility index (Phi) is 3.34. The number of aromatic nitrogens is 2. The van der Waals surface area contributed by atoms with Crippen molar-refractivity contribution >= 4 is 12.2 Å². The number of fused-ring (bicyclic) bond motifs is 1. The highest BCUT2D eigenvalue weighted by Crippen LogP contribution is 2.36. The Morgan fingerprint density at radius 2 is 2.26 bits per heavy atom. The molecular weight excluding hydrogens is 256 g/mol. The molecule has 0 amide bonds. The lowest BCUT2D eigenvalue weighted by atomic mass is 9.92. The number of aryl methyl sites for hydroxylation is 1. The average Bonchev–Trinajstić information content (AvgIpc) is 2.46. The maximum Gasteiger partial charge on any atom is 0.130 e. The predicted octanol–water partition coefficient (Wildman–Crippen LogP) is 3.62. The minimum absolute atomic E-state index is 0.248. The topological polar surface area (TPSA) is 37.9 Å². The summed E-state index contributed by atoms with van der Waals surface area (Å²) in [5.41, 5.74) is 2.33. The molecular formula is C15H16N2OS. The van der Waals surface area contributed by atoms with Crippen molar-refractivity contribution in [3.8, 4) is 5.75 Å². The lowest BCUT2D eigenvalue weighted by Gasteiger charge is -2.25. The van der Waals surface area contributed by atoms with E-state index in [1.165, 1.54) is 5.56 Å². The van der Waals surface area contributed by atoms with E-state index in [0.29, 0.717) is 4.64 Å². The van der Waals surface area contributed by atoms with Gasteiger partial charge in [0.05, 0.1) is 6.61 Å². The van der Waals surface area contributed by atoms with Gasteiger partial charge in [-0.15, -0.1) is 0 Å². The molecule has 0 radical (unpaired) electrons. The third kappa shape index (κ3) is 2.40. The second-order valence-electron chi connectivity index (χ2n) is 4.71. The SMILES string of the molecule is CCc1cc(=S)nc(C2CCOc3ccccc32)[nH]1. The zero-order chi connectivity index (χ0) is 13.2. The minimum atomic E-state index is 0.248. The summed E-state index contributed by atoms with van der Waals surface area (Å²) in [5.74, 6) is 2.17. The number of hydrogen-bond acceptors (Lipinski definition) is 3. The summed E-state index contributed by atoms with van der Waals surface area (Å²) in [6, 6.07) is 10.1. The van der Waals surface area contributed by atoms with Gasteiger partial charge in [-0.25, -0.2) is 4.98 Å². The molecule has 1 aliphatic heterocycles. The van der Waals surface area contributed by atoms with Gasteiger partial charge in [-0.2, -0.15) is 0 Å². The van der Waals surface area contributed by atoms with Crippen LogP contribution < -0.4 is 4.74 Å². The molecule has 1 N–H and O–H groups in total. The Bertz CT molecular complexity index is 651. The summed E-state index contributed by atoms with van der Waals surface area (Å²) in [7, 11) is 0. The summed E-state index contributed by atoms with van der Waals surface area (Å²) < 4.78 is 6.36. The number of hydrogen-bond donors (Lipinski definition) is 1. The van der Waals surface area contributed by atoms with Crippen LogP contribution in [0.5, 0.6) is 5.75 Å². The molecule has 0 spiro atoms. The van der Waals surface area contributed by atoms with Gasteiger partial charge in [0.1, 0.15) is 16.2 Å². The van der Waals surface area contributed by atoms with Crippen LogP contribution in [0.4, 0.5) is 0 Å². The highest BCUT2D eigenvalue weighted by Gasteiger charge is 2.24. The van der Waals surface area contributed by atoms with E-state index in [2.05, 4.69) is 23.0 Å². The molecule has 1 aromatic carbocycles. The summed E-state index contributed by atoms with van der Waals surface area (Å²) in [6.45, 7) is 2.84. The Morgan fingerprint density at radius 3 is 3.11 bits per heavy atom. The van der Waals surface area contributed by atoms with Gasteiger partial charge in [0.25, 0.3) is 0 Å². The number of nitrogens with zero attached hydrogens (tertiary/aromatic N) is 1. The van der Waals surface area contributed by atoms with Crippen molar-refractivity contribution in [3.05, 3.63) is 52.1 Å². The van der Waals surface area contributed by atoms with E-state index in [1.54, 1.807) is 0 Å². The normalized spacial score (nSPS) is 17.6. The number of H-pyrrole nitrogens is 1. The molecule has 98 valence electrons. The first-order valence-corrected chi connectivity index (χ1v) is 7.00. The van der Waals surface area contributed by atoms with Crippen molar-refractivity contribution < 1.29 is 4.74 Å². The van der Waals surface area contributed by atoms with E-state index >= 15 is 0 Å². The molecule has 0 saturated heterocycles. The molecule has 0 fully saturated rings. The van der Waals surface area contributed by atoms with Crippen molar-refractivity contribution in [1.29, 1.82) is 0 Å². The quantitative estimate of drug-likeness (QED) is 0.849. The molecule has 1 unspecified atom stereocenters. The molecule has 3 rings (SSSR count). The molecule has 3 nitrogen and oxygen atoms in total. The highest BCUT2D eigenvalue weighted by atomic mass is 32.1. The molecule has 0 aliphatic carbocycles. The van der Waals surface area contributed by atoms with E-state index in [9.17, 15) is 0 Å². The Morgan fingerprint density at radius 1 is 1.42 bits per heavy atom. The van der Waals surface area contributed by atoms with E-state index in [1.807, 2.05) is 24.3 Å². The van der Waals surface area contributed by atoms with Gasteiger partial charge in [0, 0.05) is 17.2 Å². The van der Waals surface area contributed by atoms with Crippen molar-refractivity contribution in [1.82, 2.24) is 9.97 Å². The van der Waals surface area contributed by atoms with E-state index < -0.39 is 0 Å². The van der Waals surface area contributed by atoms with Gasteiger partial charge in [-0.3, -0.25) is 0 Å². The van der Waals surface area contributed by atoms with E-state index in [-0.39, 0.29) is 5.92 Å². The van der Waals surface area contributed by atoms with Crippen molar-refractivity contribution in [2.24, 2.45) is 0 Å². The largest absolute Gasteiger partial charge is 0.493 e. The van der Waals surface area contributed by atoms with Crippen LogP contribution in [0.2, 0.25) is 0 Å². The third-order valence-electron chi connectivity index (χ3n) is 3.49. The van der Waals surface area contributed by atoms with Crippen LogP contribution in [0.3, 0.4) is 0 Å². The first kappa shape index (κ1) is 12.4. The van der Waals surface area contributed by atoms with Crippen molar-refractivity contribution in [3.63, 3.8) is 0 Å². The Balaban J connectivity index is 2.08.